The van der Waals surface area contributed by atoms with Crippen LogP contribution < -0.4 is 15.1 Å². The summed E-state index contributed by atoms with van der Waals surface area (Å²) in [7, 11) is 8.03. The van der Waals surface area contributed by atoms with Crippen LogP contribution in [0.2, 0.25) is 0 Å². The van der Waals surface area contributed by atoms with Crippen molar-refractivity contribution in [1.29, 1.82) is 0 Å². The second-order valence-corrected chi connectivity index (χ2v) is 8.63. The van der Waals surface area contributed by atoms with Crippen molar-refractivity contribution in [2.24, 2.45) is 0 Å². The van der Waals surface area contributed by atoms with E-state index in [1.807, 2.05) is 39.2 Å². The predicted octanol–water partition coefficient (Wildman–Crippen LogP) is 3.85. The number of rotatable bonds is 7. The summed E-state index contributed by atoms with van der Waals surface area (Å²) in [6.07, 6.45) is 1.89. The van der Waals surface area contributed by atoms with E-state index in [4.69, 9.17) is 0 Å². The number of fused-ring (bicyclic) bond motifs is 1. The molecule has 5 nitrogen and oxygen atoms in total. The molecule has 7 heteroatoms. The zero-order valence-electron chi connectivity index (χ0n) is 15.6. The number of hydrogen-bond acceptors (Lipinski definition) is 6. The Kier molecular flexibility index (Phi) is 5.78. The molecule has 0 fully saturated rings. The Balaban J connectivity index is 1.48. The third-order valence-electron chi connectivity index (χ3n) is 4.06. The van der Waals surface area contributed by atoms with Gasteiger partial charge in [0.05, 0.1) is 9.58 Å². The maximum absolute atomic E-state index is 12.3. The SMILES string of the molecule is CN(C)c1ccc(CCCNC(=O)c2cc3sc(N(C)C)nc3s2)cc1. The van der Waals surface area contributed by atoms with Crippen molar-refractivity contribution in [2.45, 2.75) is 12.8 Å². The first-order valence-corrected chi connectivity index (χ1v) is 10.2. The number of hydrogen-bond donors (Lipinski definition) is 1. The van der Waals surface area contributed by atoms with E-state index in [-0.39, 0.29) is 5.91 Å². The number of aryl methyl sites for hydroxylation is 1. The van der Waals surface area contributed by atoms with Gasteiger partial charge in [0.1, 0.15) is 4.83 Å². The van der Waals surface area contributed by atoms with E-state index < -0.39 is 0 Å². The second kappa shape index (κ2) is 8.05. The van der Waals surface area contributed by atoms with Crippen molar-refractivity contribution in [1.82, 2.24) is 10.3 Å². The van der Waals surface area contributed by atoms with Gasteiger partial charge < -0.3 is 15.1 Å². The average molecular weight is 389 g/mol. The molecule has 1 aromatic carbocycles. The molecular formula is C19H24N4OS2. The first-order valence-electron chi connectivity index (χ1n) is 8.56. The fraction of sp³-hybridized carbons (Fsp3) is 0.368. The number of carbonyl (C=O) groups excluding carboxylic acids is 1. The molecule has 0 aliphatic heterocycles. The zero-order valence-corrected chi connectivity index (χ0v) is 17.2. The van der Waals surface area contributed by atoms with Gasteiger partial charge in [-0.3, -0.25) is 4.79 Å². The number of anilines is 2. The second-order valence-electron chi connectivity index (χ2n) is 6.59. The Morgan fingerprint density at radius 2 is 1.81 bits per heavy atom. The summed E-state index contributed by atoms with van der Waals surface area (Å²) in [6.45, 7) is 0.677. The fourth-order valence-corrected chi connectivity index (χ4v) is 4.62. The highest BCUT2D eigenvalue weighted by Gasteiger charge is 2.14. The van der Waals surface area contributed by atoms with Gasteiger partial charge >= 0.3 is 0 Å². The number of nitrogens with one attached hydrogen (secondary N) is 1. The van der Waals surface area contributed by atoms with Crippen molar-refractivity contribution in [2.75, 3.05) is 44.5 Å². The summed E-state index contributed by atoms with van der Waals surface area (Å²) < 4.78 is 1.07. The molecule has 0 atom stereocenters. The molecule has 0 unspecified atom stereocenters. The van der Waals surface area contributed by atoms with Crippen LogP contribution in [-0.2, 0) is 6.42 Å². The highest BCUT2D eigenvalue weighted by atomic mass is 32.1. The standard InChI is InChI=1S/C19H24N4OS2/c1-22(2)14-9-7-13(8-10-14)6-5-11-20-17(24)15-12-16-18(25-15)21-19(26-16)23(3)4/h7-10,12H,5-6,11H2,1-4H3,(H,20,24). The summed E-state index contributed by atoms with van der Waals surface area (Å²) in [5, 5.41) is 3.99. The molecule has 0 radical (unpaired) electrons. The number of benzene rings is 1. The smallest absolute Gasteiger partial charge is 0.261 e. The van der Waals surface area contributed by atoms with Crippen molar-refractivity contribution in [3.05, 3.63) is 40.8 Å². The number of nitrogens with zero attached hydrogens (tertiary/aromatic N) is 3. The third-order valence-corrected chi connectivity index (χ3v) is 6.39. The number of aromatic nitrogens is 1. The molecule has 138 valence electrons. The van der Waals surface area contributed by atoms with Gasteiger partial charge in [-0.15, -0.1) is 11.3 Å². The number of amides is 1. The quantitative estimate of drug-likeness (QED) is 0.625. The first kappa shape index (κ1) is 18.7. The molecule has 26 heavy (non-hydrogen) atoms. The molecule has 3 rings (SSSR count). The van der Waals surface area contributed by atoms with Crippen molar-refractivity contribution < 1.29 is 4.79 Å². The molecule has 0 saturated carbocycles. The summed E-state index contributed by atoms with van der Waals surface area (Å²) >= 11 is 3.07. The van der Waals surface area contributed by atoms with Crippen LogP contribution in [0.4, 0.5) is 10.8 Å². The lowest BCUT2D eigenvalue weighted by atomic mass is 10.1. The summed E-state index contributed by atoms with van der Waals surface area (Å²) in [5.41, 5.74) is 2.49. The Morgan fingerprint density at radius 3 is 2.42 bits per heavy atom. The molecule has 0 saturated heterocycles. The molecule has 2 aromatic heterocycles. The van der Waals surface area contributed by atoms with Crippen molar-refractivity contribution >= 4 is 48.9 Å². The van der Waals surface area contributed by atoms with E-state index in [9.17, 15) is 4.79 Å². The van der Waals surface area contributed by atoms with Gasteiger partial charge in [-0.05, 0) is 36.6 Å². The van der Waals surface area contributed by atoms with Gasteiger partial charge in [-0.25, -0.2) is 4.98 Å². The van der Waals surface area contributed by atoms with Gasteiger partial charge in [-0.2, -0.15) is 0 Å². The molecule has 2 heterocycles. The van der Waals surface area contributed by atoms with Gasteiger partial charge in [0.15, 0.2) is 5.13 Å². The Bertz CT molecular complexity index is 849. The van der Waals surface area contributed by atoms with Crippen LogP contribution in [0.1, 0.15) is 21.7 Å². The molecule has 1 amide bonds. The van der Waals surface area contributed by atoms with Crippen LogP contribution in [0.5, 0.6) is 0 Å². The largest absolute Gasteiger partial charge is 0.378 e. The summed E-state index contributed by atoms with van der Waals surface area (Å²) in [4.78, 5) is 22.6. The minimum atomic E-state index is -0.00504. The molecule has 0 aliphatic carbocycles. The number of carbonyl (C=O) groups is 1. The van der Waals surface area contributed by atoms with E-state index in [0.717, 1.165) is 32.4 Å². The van der Waals surface area contributed by atoms with Crippen LogP contribution in [0.15, 0.2) is 30.3 Å². The maximum Gasteiger partial charge on any atom is 0.261 e. The van der Waals surface area contributed by atoms with E-state index >= 15 is 0 Å². The van der Waals surface area contributed by atoms with E-state index in [0.29, 0.717) is 6.54 Å². The van der Waals surface area contributed by atoms with Crippen LogP contribution >= 0.6 is 22.7 Å². The zero-order chi connectivity index (χ0) is 18.7. The minimum absolute atomic E-state index is 0.00504. The molecule has 0 bridgehead atoms. The van der Waals surface area contributed by atoms with Crippen molar-refractivity contribution in [3.63, 3.8) is 0 Å². The van der Waals surface area contributed by atoms with E-state index in [1.54, 1.807) is 11.3 Å². The predicted molar refractivity (Wildman–Crippen MR) is 113 cm³/mol. The first-order chi connectivity index (χ1) is 12.4. The lowest BCUT2D eigenvalue weighted by molar-refractivity contribution is 0.0957. The molecule has 1 N–H and O–H groups in total. The summed E-state index contributed by atoms with van der Waals surface area (Å²) in [5.74, 6) is -0.00504. The van der Waals surface area contributed by atoms with Gasteiger partial charge in [0.25, 0.3) is 5.91 Å². The van der Waals surface area contributed by atoms with E-state index in [2.05, 4.69) is 39.5 Å². The topological polar surface area (TPSA) is 48.5 Å². The van der Waals surface area contributed by atoms with Gasteiger partial charge in [0, 0.05) is 40.4 Å². The number of thiophene rings is 1. The molecule has 0 spiro atoms. The highest BCUT2D eigenvalue weighted by Crippen LogP contribution is 2.33. The highest BCUT2D eigenvalue weighted by molar-refractivity contribution is 7.29. The number of thiazole rings is 1. The van der Waals surface area contributed by atoms with Crippen LogP contribution in [0.3, 0.4) is 0 Å². The third kappa shape index (κ3) is 4.34. The van der Waals surface area contributed by atoms with E-state index in [1.165, 1.54) is 22.6 Å². The van der Waals surface area contributed by atoms with Gasteiger partial charge in [-0.1, -0.05) is 23.5 Å². The van der Waals surface area contributed by atoms with Crippen LogP contribution in [0, 0.1) is 0 Å². The van der Waals surface area contributed by atoms with Gasteiger partial charge in [0.2, 0.25) is 0 Å². The Labute approximate surface area is 162 Å². The van der Waals surface area contributed by atoms with Crippen LogP contribution in [-0.4, -0.2) is 45.6 Å². The minimum Gasteiger partial charge on any atom is -0.378 e. The van der Waals surface area contributed by atoms with Crippen LogP contribution in [0.25, 0.3) is 9.53 Å². The fourth-order valence-electron chi connectivity index (χ4n) is 2.57. The molecule has 3 aromatic rings. The Hall–Kier alpha value is -2.12. The average Bonchev–Trinajstić information content (AvgIpc) is 3.18. The maximum atomic E-state index is 12.3. The lowest BCUT2D eigenvalue weighted by Crippen LogP contribution is -2.23. The normalized spacial score (nSPS) is 10.9. The molecule has 0 aliphatic rings. The molecular weight excluding hydrogens is 364 g/mol. The van der Waals surface area contributed by atoms with Crippen molar-refractivity contribution in [3.8, 4) is 0 Å². The lowest BCUT2D eigenvalue weighted by Gasteiger charge is -2.12. The Morgan fingerprint density at radius 1 is 1.08 bits per heavy atom. The summed E-state index contributed by atoms with van der Waals surface area (Å²) in [6, 6.07) is 10.5. The monoisotopic (exact) mass is 388 g/mol.